The molecule has 5 heteroatoms. The zero-order valence-electron chi connectivity index (χ0n) is 12.6. The standard InChI is InChI=1S/C16H23ClF3N/c1-3-4-5-6-7-9-12(2)21-15-13(16(18,19)20)10-8-11-14(15)17/h8,10-12,21H,3-7,9H2,1-2H3. The Balaban J connectivity index is 2.61. The van der Waals surface area contributed by atoms with E-state index in [1.54, 1.807) is 0 Å². The first-order chi connectivity index (χ1) is 9.86. The highest BCUT2D eigenvalue weighted by Crippen LogP contribution is 2.38. The van der Waals surface area contributed by atoms with Crippen molar-refractivity contribution in [1.82, 2.24) is 0 Å². The molecule has 1 rings (SSSR count). The van der Waals surface area contributed by atoms with Crippen LogP contribution in [0.2, 0.25) is 5.02 Å². The van der Waals surface area contributed by atoms with Gasteiger partial charge < -0.3 is 5.32 Å². The minimum atomic E-state index is -4.39. The Labute approximate surface area is 129 Å². The van der Waals surface area contributed by atoms with E-state index in [-0.39, 0.29) is 16.8 Å². The van der Waals surface area contributed by atoms with E-state index < -0.39 is 11.7 Å². The van der Waals surface area contributed by atoms with Gasteiger partial charge in [-0.05, 0) is 25.5 Å². The van der Waals surface area contributed by atoms with E-state index in [1.807, 2.05) is 6.92 Å². The van der Waals surface area contributed by atoms with Gasteiger partial charge >= 0.3 is 6.18 Å². The van der Waals surface area contributed by atoms with E-state index >= 15 is 0 Å². The Bertz CT molecular complexity index is 432. The average Bonchev–Trinajstić information content (AvgIpc) is 2.39. The van der Waals surface area contributed by atoms with Gasteiger partial charge in [0, 0.05) is 6.04 Å². The van der Waals surface area contributed by atoms with Gasteiger partial charge in [-0.3, -0.25) is 0 Å². The number of halogens is 4. The first-order valence-corrected chi connectivity index (χ1v) is 7.86. The summed E-state index contributed by atoms with van der Waals surface area (Å²) in [6.07, 6.45) is 2.16. The molecule has 0 amide bonds. The molecule has 0 aromatic heterocycles. The predicted molar refractivity (Wildman–Crippen MR) is 82.9 cm³/mol. The van der Waals surface area contributed by atoms with Crippen LogP contribution in [0.25, 0.3) is 0 Å². The van der Waals surface area contributed by atoms with Crippen LogP contribution in [-0.2, 0) is 6.18 Å². The molecule has 21 heavy (non-hydrogen) atoms. The molecular formula is C16H23ClF3N. The second-order valence-corrected chi connectivity index (χ2v) is 5.82. The van der Waals surface area contributed by atoms with Crippen molar-refractivity contribution in [1.29, 1.82) is 0 Å². The maximum absolute atomic E-state index is 13.0. The molecule has 1 nitrogen and oxygen atoms in total. The molecule has 0 aliphatic rings. The largest absolute Gasteiger partial charge is 0.418 e. The van der Waals surface area contributed by atoms with E-state index in [0.717, 1.165) is 25.3 Å². The Morgan fingerprint density at radius 1 is 1.14 bits per heavy atom. The molecule has 0 spiro atoms. The first-order valence-electron chi connectivity index (χ1n) is 7.48. The van der Waals surface area contributed by atoms with Crippen LogP contribution in [0.3, 0.4) is 0 Å². The molecule has 1 aromatic carbocycles. The summed E-state index contributed by atoms with van der Waals surface area (Å²) in [5.74, 6) is 0. The van der Waals surface area contributed by atoms with Crippen molar-refractivity contribution in [3.05, 3.63) is 28.8 Å². The summed E-state index contributed by atoms with van der Waals surface area (Å²) in [5.41, 5.74) is -0.708. The van der Waals surface area contributed by atoms with Gasteiger partial charge in [0.15, 0.2) is 0 Å². The predicted octanol–water partition coefficient (Wildman–Crippen LogP) is 6.52. The summed E-state index contributed by atoms with van der Waals surface area (Å²) in [6, 6.07) is 3.83. The molecule has 0 aliphatic heterocycles. The highest BCUT2D eigenvalue weighted by atomic mass is 35.5. The summed E-state index contributed by atoms with van der Waals surface area (Å²) >= 11 is 5.92. The third-order valence-electron chi connectivity index (χ3n) is 3.45. The van der Waals surface area contributed by atoms with E-state index in [0.29, 0.717) is 0 Å². The topological polar surface area (TPSA) is 12.0 Å². The van der Waals surface area contributed by atoms with Gasteiger partial charge in [0.1, 0.15) is 0 Å². The van der Waals surface area contributed by atoms with Crippen LogP contribution in [0.15, 0.2) is 18.2 Å². The lowest BCUT2D eigenvalue weighted by atomic mass is 10.1. The van der Waals surface area contributed by atoms with Gasteiger partial charge in [0.05, 0.1) is 16.3 Å². The smallest absolute Gasteiger partial charge is 0.381 e. The molecular weight excluding hydrogens is 299 g/mol. The van der Waals surface area contributed by atoms with Crippen LogP contribution in [-0.4, -0.2) is 6.04 Å². The van der Waals surface area contributed by atoms with Crippen molar-refractivity contribution >= 4 is 17.3 Å². The number of hydrogen-bond acceptors (Lipinski definition) is 1. The third kappa shape index (κ3) is 6.16. The quantitative estimate of drug-likeness (QED) is 0.537. The van der Waals surface area contributed by atoms with Crippen molar-refractivity contribution in [3.63, 3.8) is 0 Å². The minimum Gasteiger partial charge on any atom is -0.381 e. The fraction of sp³-hybridized carbons (Fsp3) is 0.625. The SMILES string of the molecule is CCCCCCCC(C)Nc1c(Cl)cccc1C(F)(F)F. The third-order valence-corrected chi connectivity index (χ3v) is 3.77. The zero-order valence-corrected chi connectivity index (χ0v) is 13.3. The number of benzene rings is 1. The lowest BCUT2D eigenvalue weighted by molar-refractivity contribution is -0.137. The highest BCUT2D eigenvalue weighted by molar-refractivity contribution is 6.33. The van der Waals surface area contributed by atoms with E-state index in [1.165, 1.54) is 31.4 Å². The van der Waals surface area contributed by atoms with Gasteiger partial charge in [0.2, 0.25) is 0 Å². The monoisotopic (exact) mass is 321 g/mol. The second kappa shape index (κ2) is 8.52. The summed E-state index contributed by atoms with van der Waals surface area (Å²) in [4.78, 5) is 0. The number of alkyl halides is 3. The Hall–Kier alpha value is -0.900. The van der Waals surface area contributed by atoms with Crippen LogP contribution in [0, 0.1) is 0 Å². The molecule has 0 fully saturated rings. The second-order valence-electron chi connectivity index (χ2n) is 5.41. The number of anilines is 1. The first kappa shape index (κ1) is 18.1. The van der Waals surface area contributed by atoms with Crippen LogP contribution < -0.4 is 5.32 Å². The highest BCUT2D eigenvalue weighted by Gasteiger charge is 2.34. The van der Waals surface area contributed by atoms with Gasteiger partial charge in [0.25, 0.3) is 0 Å². The van der Waals surface area contributed by atoms with Gasteiger partial charge in [-0.25, -0.2) is 0 Å². The Morgan fingerprint density at radius 3 is 2.43 bits per heavy atom. The molecule has 1 aromatic rings. The summed E-state index contributed by atoms with van der Waals surface area (Å²) in [5, 5.41) is 3.04. The number of unbranched alkanes of at least 4 members (excludes halogenated alkanes) is 4. The molecule has 0 aliphatic carbocycles. The summed E-state index contributed by atoms with van der Waals surface area (Å²) in [7, 11) is 0. The molecule has 0 saturated heterocycles. The van der Waals surface area contributed by atoms with Crippen molar-refractivity contribution in [2.45, 2.75) is 64.6 Å². The fourth-order valence-corrected chi connectivity index (χ4v) is 2.51. The Kier molecular flexibility index (Phi) is 7.36. The van der Waals surface area contributed by atoms with Crippen molar-refractivity contribution < 1.29 is 13.2 Å². The van der Waals surface area contributed by atoms with Crippen molar-refractivity contribution in [2.24, 2.45) is 0 Å². The maximum atomic E-state index is 13.0. The van der Waals surface area contributed by atoms with Crippen molar-refractivity contribution in [3.8, 4) is 0 Å². The molecule has 1 unspecified atom stereocenters. The van der Waals surface area contributed by atoms with Crippen LogP contribution in [0.5, 0.6) is 0 Å². The van der Waals surface area contributed by atoms with Gasteiger partial charge in [-0.15, -0.1) is 0 Å². The van der Waals surface area contributed by atoms with E-state index in [2.05, 4.69) is 12.2 Å². The van der Waals surface area contributed by atoms with Gasteiger partial charge in [-0.1, -0.05) is 56.7 Å². The van der Waals surface area contributed by atoms with Gasteiger partial charge in [-0.2, -0.15) is 13.2 Å². The fourth-order valence-electron chi connectivity index (χ4n) is 2.28. The lowest BCUT2D eigenvalue weighted by Crippen LogP contribution is -2.19. The normalized spacial score (nSPS) is 13.2. The molecule has 0 radical (unpaired) electrons. The average molecular weight is 322 g/mol. The molecule has 0 bridgehead atoms. The molecule has 1 atom stereocenters. The van der Waals surface area contributed by atoms with Crippen LogP contribution in [0.4, 0.5) is 18.9 Å². The number of hydrogen-bond donors (Lipinski definition) is 1. The number of para-hydroxylation sites is 1. The summed E-state index contributed by atoms with van der Waals surface area (Å²) in [6.45, 7) is 4.05. The van der Waals surface area contributed by atoms with Crippen LogP contribution in [0.1, 0.15) is 57.9 Å². The Morgan fingerprint density at radius 2 is 1.81 bits per heavy atom. The van der Waals surface area contributed by atoms with Crippen LogP contribution >= 0.6 is 11.6 Å². The lowest BCUT2D eigenvalue weighted by Gasteiger charge is -2.20. The molecule has 0 heterocycles. The number of nitrogens with one attached hydrogen (secondary N) is 1. The van der Waals surface area contributed by atoms with Crippen molar-refractivity contribution in [2.75, 3.05) is 5.32 Å². The zero-order chi connectivity index (χ0) is 15.9. The van der Waals surface area contributed by atoms with E-state index in [4.69, 9.17) is 11.6 Å². The maximum Gasteiger partial charge on any atom is 0.418 e. The molecule has 0 saturated carbocycles. The summed E-state index contributed by atoms with van der Waals surface area (Å²) < 4.78 is 38.9. The molecule has 1 N–H and O–H groups in total. The van der Waals surface area contributed by atoms with E-state index in [9.17, 15) is 13.2 Å². The number of rotatable bonds is 8. The molecule has 120 valence electrons. The minimum absolute atomic E-state index is 0.00674.